The SMILES string of the molecule is Nc1c(S(=O)(=O)O)cc2cc(S(=O)(=O)O)c(N=Nc3ccc(Cl)cc3O[PH](=O)O)c(O)c2c1O. The summed E-state index contributed by atoms with van der Waals surface area (Å²) in [6, 6.07) is 4.84. The number of rotatable bonds is 6. The zero-order valence-electron chi connectivity index (χ0n) is 16.2. The highest BCUT2D eigenvalue weighted by molar-refractivity contribution is 7.86. The van der Waals surface area contributed by atoms with E-state index in [1.54, 1.807) is 0 Å². The van der Waals surface area contributed by atoms with Crippen molar-refractivity contribution < 1.29 is 50.1 Å². The number of benzene rings is 3. The number of hydrogen-bond acceptors (Lipinski definition) is 11. The van der Waals surface area contributed by atoms with E-state index in [2.05, 4.69) is 14.8 Å². The van der Waals surface area contributed by atoms with E-state index in [0.717, 1.165) is 6.07 Å². The molecular formula is C16H13ClN3O11PS2. The van der Waals surface area contributed by atoms with Crippen LogP contribution in [0.4, 0.5) is 17.1 Å². The summed E-state index contributed by atoms with van der Waals surface area (Å²) < 4.78 is 81.5. The molecule has 0 radical (unpaired) electrons. The van der Waals surface area contributed by atoms with E-state index >= 15 is 0 Å². The summed E-state index contributed by atoms with van der Waals surface area (Å²) in [4.78, 5) is 6.95. The number of halogens is 1. The Morgan fingerprint density at radius 2 is 1.53 bits per heavy atom. The number of azo groups is 1. The first kappa shape index (κ1) is 25.6. The lowest BCUT2D eigenvalue weighted by molar-refractivity contribution is 0.410. The summed E-state index contributed by atoms with van der Waals surface area (Å²) in [6.45, 7) is 0. The van der Waals surface area contributed by atoms with E-state index in [0.29, 0.717) is 12.1 Å². The Morgan fingerprint density at radius 1 is 0.941 bits per heavy atom. The van der Waals surface area contributed by atoms with Crippen LogP contribution in [-0.4, -0.2) is 41.0 Å². The van der Waals surface area contributed by atoms with Crippen molar-refractivity contribution in [2.24, 2.45) is 10.2 Å². The largest absolute Gasteiger partial charge is 0.505 e. The van der Waals surface area contributed by atoms with E-state index in [-0.39, 0.29) is 16.5 Å². The molecule has 0 fully saturated rings. The van der Waals surface area contributed by atoms with Crippen LogP contribution in [0.2, 0.25) is 5.02 Å². The predicted molar refractivity (Wildman–Crippen MR) is 119 cm³/mol. The van der Waals surface area contributed by atoms with Gasteiger partial charge in [0.05, 0.1) is 11.1 Å². The third-order valence-electron chi connectivity index (χ3n) is 4.25. The number of fused-ring (bicyclic) bond motifs is 1. The Hall–Kier alpha value is -2.98. The summed E-state index contributed by atoms with van der Waals surface area (Å²) in [5.41, 5.74) is 3.49. The van der Waals surface area contributed by atoms with Gasteiger partial charge in [-0.1, -0.05) is 11.6 Å². The molecule has 0 saturated heterocycles. The number of aromatic hydroxyl groups is 2. The second-order valence-electron chi connectivity index (χ2n) is 6.44. The molecule has 0 aliphatic rings. The Bertz CT molecular complexity index is 1610. The van der Waals surface area contributed by atoms with E-state index < -0.39 is 71.9 Å². The van der Waals surface area contributed by atoms with Crippen molar-refractivity contribution in [3.8, 4) is 17.2 Å². The molecule has 0 spiro atoms. The van der Waals surface area contributed by atoms with Crippen LogP contribution in [0.3, 0.4) is 0 Å². The van der Waals surface area contributed by atoms with Gasteiger partial charge in [-0.15, -0.1) is 10.2 Å². The Labute approximate surface area is 196 Å². The standard InChI is InChI=1S/C16H13ClN3O11PS2/c17-7-1-2-8(9(5-7)31-32(23)24)19-20-14-11(34(28,29)30)4-6-3-10(33(25,26)27)13(18)15(21)12(6)16(14)22/h1-5,21-22,32H,18H2,(H,23,24)(H,25,26,27)(H,28,29,30). The van der Waals surface area contributed by atoms with Crippen molar-refractivity contribution in [2.45, 2.75) is 9.79 Å². The zero-order chi connectivity index (χ0) is 25.6. The van der Waals surface area contributed by atoms with Crippen LogP contribution in [0, 0.1) is 0 Å². The minimum atomic E-state index is -5.13. The third-order valence-corrected chi connectivity index (χ3v) is 6.64. The highest BCUT2D eigenvalue weighted by Gasteiger charge is 2.27. The molecule has 34 heavy (non-hydrogen) atoms. The maximum atomic E-state index is 11.9. The molecule has 182 valence electrons. The molecule has 0 heterocycles. The molecule has 0 bridgehead atoms. The average Bonchev–Trinajstić information content (AvgIpc) is 2.68. The van der Waals surface area contributed by atoms with E-state index in [1.807, 2.05) is 0 Å². The smallest absolute Gasteiger partial charge is 0.365 e. The van der Waals surface area contributed by atoms with E-state index in [4.69, 9.17) is 22.2 Å². The van der Waals surface area contributed by atoms with E-state index in [9.17, 15) is 40.7 Å². The minimum Gasteiger partial charge on any atom is -0.505 e. The molecule has 3 aromatic carbocycles. The summed E-state index contributed by atoms with van der Waals surface area (Å²) in [5.74, 6) is -2.47. The summed E-state index contributed by atoms with van der Waals surface area (Å²) in [7, 11) is -13.6. The lowest BCUT2D eigenvalue weighted by Crippen LogP contribution is -2.04. The molecule has 0 aliphatic heterocycles. The lowest BCUT2D eigenvalue weighted by Gasteiger charge is -2.13. The number of nitrogen functional groups attached to an aromatic ring is 1. The number of phenols is 2. The van der Waals surface area contributed by atoms with Gasteiger partial charge in [-0.05, 0) is 29.7 Å². The lowest BCUT2D eigenvalue weighted by atomic mass is 10.1. The van der Waals surface area contributed by atoms with Crippen molar-refractivity contribution in [3.63, 3.8) is 0 Å². The number of nitrogens with zero attached hydrogens (tertiary/aromatic N) is 2. The second-order valence-corrected chi connectivity index (χ2v) is 10.4. The molecule has 3 rings (SSSR count). The van der Waals surface area contributed by atoms with Crippen LogP contribution < -0.4 is 10.3 Å². The van der Waals surface area contributed by atoms with Crippen LogP contribution in [0.15, 0.2) is 50.4 Å². The van der Waals surface area contributed by atoms with Gasteiger partial charge in [-0.25, -0.2) is 4.57 Å². The fraction of sp³-hybridized carbons (Fsp3) is 0. The topological polar surface area (TPSA) is 246 Å². The van der Waals surface area contributed by atoms with Gasteiger partial charge in [0.25, 0.3) is 20.2 Å². The monoisotopic (exact) mass is 553 g/mol. The van der Waals surface area contributed by atoms with Crippen LogP contribution >= 0.6 is 19.9 Å². The Morgan fingerprint density at radius 3 is 2.09 bits per heavy atom. The molecule has 0 aliphatic carbocycles. The molecule has 18 heteroatoms. The second kappa shape index (κ2) is 8.99. The van der Waals surface area contributed by atoms with Crippen LogP contribution in [0.1, 0.15) is 0 Å². The Balaban J connectivity index is 2.35. The molecule has 7 N–H and O–H groups in total. The van der Waals surface area contributed by atoms with E-state index in [1.165, 1.54) is 12.1 Å². The average molecular weight is 554 g/mol. The maximum absolute atomic E-state index is 11.9. The van der Waals surface area contributed by atoms with Gasteiger partial charge in [0.2, 0.25) is 0 Å². The van der Waals surface area contributed by atoms with Crippen molar-refractivity contribution in [2.75, 3.05) is 5.73 Å². The normalized spacial score (nSPS) is 13.4. The van der Waals surface area contributed by atoms with Crippen LogP contribution in [0.5, 0.6) is 17.2 Å². The summed E-state index contributed by atoms with van der Waals surface area (Å²) in [6.07, 6.45) is 0. The first-order chi connectivity index (χ1) is 15.6. The first-order valence-electron chi connectivity index (χ1n) is 8.49. The molecule has 0 saturated carbocycles. The maximum Gasteiger partial charge on any atom is 0.365 e. The number of nitrogens with two attached hydrogens (primary N) is 1. The zero-order valence-corrected chi connectivity index (χ0v) is 19.6. The molecule has 0 amide bonds. The highest BCUT2D eigenvalue weighted by atomic mass is 35.5. The van der Waals surface area contributed by atoms with Crippen molar-refractivity contribution in [1.29, 1.82) is 0 Å². The minimum absolute atomic E-state index is 0.0828. The fourth-order valence-electron chi connectivity index (χ4n) is 2.84. The molecule has 1 atom stereocenters. The molecule has 0 aromatic heterocycles. The summed E-state index contributed by atoms with van der Waals surface area (Å²) >= 11 is 5.79. The number of hydrogen-bond donors (Lipinski definition) is 6. The quantitative estimate of drug-likeness (QED) is 0.0846. The summed E-state index contributed by atoms with van der Waals surface area (Å²) in [5, 5.41) is 27.2. The molecular weight excluding hydrogens is 541 g/mol. The van der Waals surface area contributed by atoms with Gasteiger partial charge in [0.15, 0.2) is 17.2 Å². The van der Waals surface area contributed by atoms with Crippen molar-refractivity contribution in [1.82, 2.24) is 0 Å². The molecule has 3 aromatic rings. The van der Waals surface area contributed by atoms with Gasteiger partial charge >= 0.3 is 8.25 Å². The first-order valence-corrected chi connectivity index (χ1v) is 13.0. The van der Waals surface area contributed by atoms with Gasteiger partial charge in [-0.3, -0.25) is 9.11 Å². The van der Waals surface area contributed by atoms with Gasteiger partial charge in [0.1, 0.15) is 21.2 Å². The predicted octanol–water partition coefficient (Wildman–Crippen LogP) is 3.16. The Kier molecular flexibility index (Phi) is 6.78. The number of phenolic OH excluding ortho intramolecular Hbond substituents is 2. The fourth-order valence-corrected chi connectivity index (χ4v) is 4.67. The van der Waals surface area contributed by atoms with Crippen LogP contribution in [-0.2, 0) is 24.8 Å². The number of anilines is 1. The van der Waals surface area contributed by atoms with Gasteiger partial charge in [0, 0.05) is 11.1 Å². The van der Waals surface area contributed by atoms with Gasteiger partial charge in [-0.2, -0.15) is 16.8 Å². The van der Waals surface area contributed by atoms with Gasteiger partial charge < -0.3 is 25.4 Å². The highest BCUT2D eigenvalue weighted by Crippen LogP contribution is 2.48. The molecule has 1 unspecified atom stereocenters. The van der Waals surface area contributed by atoms with Crippen molar-refractivity contribution in [3.05, 3.63) is 35.4 Å². The third kappa shape index (κ3) is 5.07. The van der Waals surface area contributed by atoms with Crippen molar-refractivity contribution >= 4 is 67.9 Å². The molecule has 14 nitrogen and oxygen atoms in total. The van der Waals surface area contributed by atoms with Crippen LogP contribution in [0.25, 0.3) is 10.8 Å².